The van der Waals surface area contributed by atoms with Crippen molar-refractivity contribution < 1.29 is 22.0 Å². The molecule has 0 aromatic heterocycles. The van der Waals surface area contributed by atoms with Gasteiger partial charge in [-0.1, -0.05) is 6.07 Å². The van der Waals surface area contributed by atoms with Gasteiger partial charge in [-0.05, 0) is 23.8 Å². The van der Waals surface area contributed by atoms with E-state index in [1.54, 1.807) is 0 Å². The van der Waals surface area contributed by atoms with Crippen LogP contribution >= 0.6 is 0 Å². The maximum Gasteiger partial charge on any atom is 0.194 e. The van der Waals surface area contributed by atoms with E-state index < -0.39 is 29.1 Å². The van der Waals surface area contributed by atoms with Crippen molar-refractivity contribution in [2.75, 3.05) is 0 Å². The Labute approximate surface area is 112 Å². The van der Waals surface area contributed by atoms with E-state index in [9.17, 15) is 22.0 Å². The van der Waals surface area contributed by atoms with E-state index in [1.807, 2.05) is 0 Å². The summed E-state index contributed by atoms with van der Waals surface area (Å²) >= 11 is 0. The Morgan fingerprint density at radius 3 is 2.00 bits per heavy atom. The molecule has 0 aliphatic heterocycles. The van der Waals surface area contributed by atoms with Crippen molar-refractivity contribution in [2.45, 2.75) is 13.1 Å². The molecular formula is C14H10F5N. The molecule has 6 heteroatoms. The molecule has 2 aromatic carbocycles. The lowest BCUT2D eigenvalue weighted by Crippen LogP contribution is -2.14. The van der Waals surface area contributed by atoms with Crippen molar-refractivity contribution >= 4 is 0 Å². The summed E-state index contributed by atoms with van der Waals surface area (Å²) in [5, 5.41) is 2.73. The predicted molar refractivity (Wildman–Crippen MR) is 63.2 cm³/mol. The lowest BCUT2D eigenvalue weighted by Gasteiger charge is -2.07. The normalized spacial score (nSPS) is 10.8. The van der Waals surface area contributed by atoms with E-state index in [0.29, 0.717) is 0 Å². The van der Waals surface area contributed by atoms with Gasteiger partial charge in [0.25, 0.3) is 0 Å². The van der Waals surface area contributed by atoms with Gasteiger partial charge in [-0.2, -0.15) is 0 Å². The Hall–Kier alpha value is -1.95. The Morgan fingerprint density at radius 2 is 1.40 bits per heavy atom. The first-order valence-electron chi connectivity index (χ1n) is 5.75. The molecule has 0 saturated carbocycles. The molecule has 2 aromatic rings. The fraction of sp³-hybridized carbons (Fsp3) is 0.143. The zero-order valence-corrected chi connectivity index (χ0v) is 10.2. The summed E-state index contributed by atoms with van der Waals surface area (Å²) in [6.45, 7) is 0.0671. The molecule has 106 valence electrons. The number of benzene rings is 2. The molecule has 0 bridgehead atoms. The van der Waals surface area contributed by atoms with Crippen LogP contribution in [0.15, 0.2) is 30.3 Å². The summed E-state index contributed by atoms with van der Waals surface area (Å²) < 4.78 is 64.6. The lowest BCUT2D eigenvalue weighted by molar-refractivity contribution is 0.444. The number of halogens is 5. The van der Waals surface area contributed by atoms with Gasteiger partial charge in [-0.25, -0.2) is 22.0 Å². The molecule has 0 spiro atoms. The largest absolute Gasteiger partial charge is 0.309 e. The molecular weight excluding hydrogens is 277 g/mol. The van der Waals surface area contributed by atoms with Crippen molar-refractivity contribution in [1.82, 2.24) is 5.32 Å². The molecule has 0 saturated heterocycles. The van der Waals surface area contributed by atoms with Crippen molar-refractivity contribution in [1.29, 1.82) is 0 Å². The minimum Gasteiger partial charge on any atom is -0.309 e. The third-order valence-electron chi connectivity index (χ3n) is 2.70. The quantitative estimate of drug-likeness (QED) is 0.668. The van der Waals surface area contributed by atoms with Crippen LogP contribution in [0.3, 0.4) is 0 Å². The molecule has 2 rings (SSSR count). The van der Waals surface area contributed by atoms with Gasteiger partial charge in [0.15, 0.2) is 17.5 Å². The van der Waals surface area contributed by atoms with E-state index in [0.717, 1.165) is 24.3 Å². The molecule has 1 nitrogen and oxygen atoms in total. The molecule has 20 heavy (non-hydrogen) atoms. The van der Waals surface area contributed by atoms with Crippen LogP contribution in [0, 0.1) is 29.1 Å². The highest BCUT2D eigenvalue weighted by Crippen LogP contribution is 2.14. The van der Waals surface area contributed by atoms with Gasteiger partial charge in [-0.15, -0.1) is 0 Å². The van der Waals surface area contributed by atoms with Gasteiger partial charge in [0.2, 0.25) is 0 Å². The fourth-order valence-electron chi connectivity index (χ4n) is 1.72. The maximum atomic E-state index is 13.3. The average Bonchev–Trinajstić information content (AvgIpc) is 2.38. The zero-order valence-electron chi connectivity index (χ0n) is 10.2. The van der Waals surface area contributed by atoms with Crippen LogP contribution in [0.5, 0.6) is 0 Å². The molecule has 0 aliphatic carbocycles. The summed E-state index contributed by atoms with van der Waals surface area (Å²) in [5.74, 6) is -5.49. The van der Waals surface area contributed by atoms with Crippen molar-refractivity contribution in [2.24, 2.45) is 0 Å². The van der Waals surface area contributed by atoms with E-state index in [1.165, 1.54) is 6.07 Å². The third-order valence-corrected chi connectivity index (χ3v) is 2.70. The Balaban J connectivity index is 1.99. The van der Waals surface area contributed by atoms with Gasteiger partial charge >= 0.3 is 0 Å². The lowest BCUT2D eigenvalue weighted by atomic mass is 10.1. The van der Waals surface area contributed by atoms with Gasteiger partial charge < -0.3 is 5.32 Å². The first-order chi connectivity index (χ1) is 9.47. The highest BCUT2D eigenvalue weighted by Gasteiger charge is 2.10. The van der Waals surface area contributed by atoms with Crippen LogP contribution in [0.25, 0.3) is 0 Å². The van der Waals surface area contributed by atoms with E-state index in [4.69, 9.17) is 0 Å². The molecule has 0 fully saturated rings. The van der Waals surface area contributed by atoms with E-state index in [2.05, 4.69) is 5.32 Å². The molecule has 0 atom stereocenters. The number of hydrogen-bond donors (Lipinski definition) is 1. The van der Waals surface area contributed by atoms with Crippen LogP contribution in [0.2, 0.25) is 0 Å². The number of rotatable bonds is 4. The molecule has 0 aliphatic rings. The minimum absolute atomic E-state index is 0.0188. The first-order valence-corrected chi connectivity index (χ1v) is 5.75. The minimum atomic E-state index is -1.53. The highest BCUT2D eigenvalue weighted by molar-refractivity contribution is 5.21. The van der Waals surface area contributed by atoms with E-state index in [-0.39, 0.29) is 24.2 Å². The second-order valence-electron chi connectivity index (χ2n) is 4.21. The second-order valence-corrected chi connectivity index (χ2v) is 4.21. The Morgan fingerprint density at radius 1 is 0.750 bits per heavy atom. The Kier molecular flexibility index (Phi) is 4.34. The van der Waals surface area contributed by atoms with Crippen molar-refractivity contribution in [3.8, 4) is 0 Å². The number of nitrogens with one attached hydrogen (secondary N) is 1. The van der Waals surface area contributed by atoms with Gasteiger partial charge in [0.1, 0.15) is 11.6 Å². The maximum absolute atomic E-state index is 13.3. The summed E-state index contributed by atoms with van der Waals surface area (Å²) in [4.78, 5) is 0. The topological polar surface area (TPSA) is 12.0 Å². The SMILES string of the molecule is Fc1ccc(CNCc2cc(F)c(F)c(F)c2)c(F)c1. The predicted octanol–water partition coefficient (Wildman–Crippen LogP) is 3.67. The van der Waals surface area contributed by atoms with E-state index >= 15 is 0 Å². The van der Waals surface area contributed by atoms with Crippen LogP contribution in [-0.2, 0) is 13.1 Å². The Bertz CT molecular complexity index is 604. The first kappa shape index (κ1) is 14.5. The van der Waals surface area contributed by atoms with Gasteiger partial charge in [-0.3, -0.25) is 0 Å². The van der Waals surface area contributed by atoms with Crippen LogP contribution < -0.4 is 5.32 Å². The van der Waals surface area contributed by atoms with Crippen LogP contribution in [0.1, 0.15) is 11.1 Å². The highest BCUT2D eigenvalue weighted by atomic mass is 19.2. The third kappa shape index (κ3) is 3.33. The zero-order chi connectivity index (χ0) is 14.7. The van der Waals surface area contributed by atoms with Crippen molar-refractivity contribution in [3.63, 3.8) is 0 Å². The summed E-state index contributed by atoms with van der Waals surface area (Å²) in [6, 6.07) is 4.83. The molecule has 1 N–H and O–H groups in total. The average molecular weight is 287 g/mol. The molecule has 0 unspecified atom stereocenters. The second kappa shape index (κ2) is 6.00. The molecule has 0 radical (unpaired) electrons. The fourth-order valence-corrected chi connectivity index (χ4v) is 1.72. The summed E-state index contributed by atoms with van der Waals surface area (Å²) in [5.41, 5.74) is 0.401. The van der Waals surface area contributed by atoms with Gasteiger partial charge in [0, 0.05) is 24.7 Å². The monoisotopic (exact) mass is 287 g/mol. The smallest absolute Gasteiger partial charge is 0.194 e. The van der Waals surface area contributed by atoms with Crippen molar-refractivity contribution in [3.05, 3.63) is 70.5 Å². The molecule has 0 amide bonds. The molecule has 0 heterocycles. The van der Waals surface area contributed by atoms with Crippen LogP contribution in [-0.4, -0.2) is 0 Å². The number of hydrogen-bond acceptors (Lipinski definition) is 1. The van der Waals surface area contributed by atoms with Crippen LogP contribution in [0.4, 0.5) is 22.0 Å². The standard InChI is InChI=1S/C14H10F5N/c15-10-2-1-9(11(16)5-10)7-20-6-8-3-12(17)14(19)13(18)4-8/h1-5,20H,6-7H2. The summed E-state index contributed by atoms with van der Waals surface area (Å²) in [7, 11) is 0. The van der Waals surface area contributed by atoms with Gasteiger partial charge in [0.05, 0.1) is 0 Å². The summed E-state index contributed by atoms with van der Waals surface area (Å²) in [6.07, 6.45) is 0.